The van der Waals surface area contributed by atoms with Crippen LogP contribution in [0.25, 0.3) is 0 Å². The third kappa shape index (κ3) is 4.93. The van der Waals surface area contributed by atoms with E-state index in [4.69, 9.17) is 4.74 Å². The lowest BCUT2D eigenvalue weighted by atomic mass is 9.69. The molecule has 1 N–H and O–H groups in total. The number of alkyl halides is 6. The van der Waals surface area contributed by atoms with Crippen LogP contribution in [0.2, 0.25) is 0 Å². The number of fused-ring (bicyclic) bond motifs is 1. The quantitative estimate of drug-likeness (QED) is 0.551. The van der Waals surface area contributed by atoms with Crippen LogP contribution >= 0.6 is 0 Å². The molecule has 0 bridgehead atoms. The fraction of sp³-hybridized carbons (Fsp3) is 0.478. The van der Waals surface area contributed by atoms with E-state index in [9.17, 15) is 30.7 Å². The zero-order valence-electron chi connectivity index (χ0n) is 16.9. The van der Waals surface area contributed by atoms with Gasteiger partial charge in [0.05, 0.1) is 23.8 Å². The van der Waals surface area contributed by atoms with E-state index in [-0.39, 0.29) is 35.9 Å². The molecule has 1 heterocycles. The Morgan fingerprint density at radius 2 is 1.47 bits per heavy atom. The molecule has 32 heavy (non-hydrogen) atoms. The number of hydrogen-bond donors (Lipinski definition) is 1. The van der Waals surface area contributed by atoms with Crippen molar-refractivity contribution >= 4 is 0 Å². The molecule has 1 saturated heterocycles. The zero-order valence-corrected chi connectivity index (χ0v) is 16.9. The van der Waals surface area contributed by atoms with Crippen LogP contribution in [-0.2, 0) is 23.7 Å². The van der Waals surface area contributed by atoms with E-state index in [0.717, 1.165) is 25.1 Å². The van der Waals surface area contributed by atoms with Crippen LogP contribution in [0.4, 0.5) is 30.7 Å². The van der Waals surface area contributed by atoms with Crippen molar-refractivity contribution in [2.24, 2.45) is 11.8 Å². The minimum Gasteiger partial charge on any atom is -0.373 e. The molecule has 0 spiro atoms. The fourth-order valence-corrected chi connectivity index (χ4v) is 4.96. The van der Waals surface area contributed by atoms with Gasteiger partial charge in [0.25, 0.3) is 0 Å². The van der Waals surface area contributed by atoms with Gasteiger partial charge in [-0.05, 0) is 79.2 Å². The summed E-state index contributed by atoms with van der Waals surface area (Å²) in [6.45, 7) is 1.20. The number of halogens is 7. The van der Waals surface area contributed by atoms with E-state index < -0.39 is 29.6 Å². The molecule has 0 radical (unpaired) electrons. The first-order valence-electron chi connectivity index (χ1n) is 10.4. The molecule has 0 unspecified atom stereocenters. The van der Waals surface area contributed by atoms with Gasteiger partial charge in [0.1, 0.15) is 5.82 Å². The number of rotatable bonds is 4. The van der Waals surface area contributed by atoms with Gasteiger partial charge in [-0.1, -0.05) is 12.1 Å². The second kappa shape index (κ2) is 8.67. The fourth-order valence-electron chi connectivity index (χ4n) is 4.96. The van der Waals surface area contributed by atoms with Crippen molar-refractivity contribution in [3.8, 4) is 0 Å². The molecular weight excluding hydrogens is 439 g/mol. The van der Waals surface area contributed by atoms with E-state index in [1.54, 1.807) is 12.1 Å². The number of nitrogens with one attached hydrogen (secondary N) is 1. The second-order valence-electron chi connectivity index (χ2n) is 8.50. The van der Waals surface area contributed by atoms with Crippen LogP contribution in [0.1, 0.15) is 41.0 Å². The summed E-state index contributed by atoms with van der Waals surface area (Å²) in [5, 5.41) is 3.34. The number of hydrogen-bond acceptors (Lipinski definition) is 2. The monoisotopic (exact) mass is 461 g/mol. The van der Waals surface area contributed by atoms with Gasteiger partial charge in [-0.3, -0.25) is 0 Å². The Balaban J connectivity index is 1.59. The van der Waals surface area contributed by atoms with Gasteiger partial charge in [-0.25, -0.2) is 4.39 Å². The SMILES string of the molecule is Fc1ccc([C@H]2[C@@H]3CNC[C@@H]3CC[C@@H]2OCc2cc(C(F)(F)F)cc(C(F)(F)F)c2)cc1. The van der Waals surface area contributed by atoms with Crippen molar-refractivity contribution < 1.29 is 35.5 Å². The largest absolute Gasteiger partial charge is 0.416 e. The highest BCUT2D eigenvalue weighted by molar-refractivity contribution is 5.33. The van der Waals surface area contributed by atoms with E-state index in [1.165, 1.54) is 12.1 Å². The van der Waals surface area contributed by atoms with Crippen molar-refractivity contribution in [1.29, 1.82) is 0 Å². The molecule has 4 atom stereocenters. The lowest BCUT2D eigenvalue weighted by Crippen LogP contribution is -2.37. The molecule has 174 valence electrons. The summed E-state index contributed by atoms with van der Waals surface area (Å²) in [4.78, 5) is 0. The highest BCUT2D eigenvalue weighted by Crippen LogP contribution is 2.45. The van der Waals surface area contributed by atoms with Crippen LogP contribution in [0.15, 0.2) is 42.5 Å². The smallest absolute Gasteiger partial charge is 0.373 e. The maximum atomic E-state index is 13.4. The lowest BCUT2D eigenvalue weighted by molar-refractivity contribution is -0.143. The van der Waals surface area contributed by atoms with Crippen molar-refractivity contribution in [2.75, 3.05) is 13.1 Å². The lowest BCUT2D eigenvalue weighted by Gasteiger charge is -2.40. The average Bonchev–Trinajstić information content (AvgIpc) is 3.20. The first-order valence-corrected chi connectivity index (χ1v) is 10.4. The summed E-state index contributed by atoms with van der Waals surface area (Å²) in [7, 11) is 0. The molecular formula is C23H22F7NO. The third-order valence-electron chi connectivity index (χ3n) is 6.44. The Bertz CT molecular complexity index is 907. The molecule has 0 aromatic heterocycles. The summed E-state index contributed by atoms with van der Waals surface area (Å²) >= 11 is 0. The van der Waals surface area contributed by atoms with Crippen molar-refractivity contribution in [1.82, 2.24) is 5.32 Å². The van der Waals surface area contributed by atoms with Crippen molar-refractivity contribution in [3.63, 3.8) is 0 Å². The van der Waals surface area contributed by atoms with E-state index in [1.807, 2.05) is 0 Å². The third-order valence-corrected chi connectivity index (χ3v) is 6.44. The normalized spacial score (nSPS) is 26.2. The van der Waals surface area contributed by atoms with E-state index >= 15 is 0 Å². The molecule has 2 fully saturated rings. The molecule has 2 aromatic carbocycles. The molecule has 2 aliphatic rings. The predicted molar refractivity (Wildman–Crippen MR) is 103 cm³/mol. The minimum absolute atomic E-state index is 0.111. The van der Waals surface area contributed by atoms with Gasteiger partial charge in [0.15, 0.2) is 0 Å². The average molecular weight is 461 g/mol. The highest BCUT2D eigenvalue weighted by atomic mass is 19.4. The maximum absolute atomic E-state index is 13.4. The van der Waals surface area contributed by atoms with Crippen molar-refractivity contribution in [3.05, 3.63) is 70.5 Å². The molecule has 1 saturated carbocycles. The predicted octanol–water partition coefficient (Wildman–Crippen LogP) is 6.16. The zero-order chi connectivity index (χ0) is 23.1. The first-order chi connectivity index (χ1) is 15.0. The van der Waals surface area contributed by atoms with Gasteiger partial charge in [0.2, 0.25) is 0 Å². The number of benzene rings is 2. The van der Waals surface area contributed by atoms with Gasteiger partial charge in [-0.15, -0.1) is 0 Å². The standard InChI is InChI=1S/C23H22F7NO/c24-18-4-1-14(2-5-18)21-19-11-31-10-15(19)3-6-20(21)32-12-13-7-16(22(25,26)27)9-17(8-13)23(28,29)30/h1-2,4-5,7-9,15,19-21,31H,3,6,10-12H2/t15-,19+,20-,21-/m0/s1. The summed E-state index contributed by atoms with van der Waals surface area (Å²) < 4.78 is 98.3. The summed E-state index contributed by atoms with van der Waals surface area (Å²) in [6, 6.07) is 7.55. The van der Waals surface area contributed by atoms with Crippen LogP contribution < -0.4 is 5.32 Å². The molecule has 0 amide bonds. The topological polar surface area (TPSA) is 21.3 Å². The molecule has 1 aliphatic carbocycles. The minimum atomic E-state index is -4.90. The van der Waals surface area contributed by atoms with Gasteiger partial charge < -0.3 is 10.1 Å². The Labute approximate surface area is 180 Å². The Morgan fingerprint density at radius 1 is 0.844 bits per heavy atom. The number of ether oxygens (including phenoxy) is 1. The van der Waals surface area contributed by atoms with Crippen LogP contribution in [0.3, 0.4) is 0 Å². The molecule has 4 rings (SSSR count). The maximum Gasteiger partial charge on any atom is 0.416 e. The van der Waals surface area contributed by atoms with E-state index in [0.29, 0.717) is 24.5 Å². The van der Waals surface area contributed by atoms with Crippen LogP contribution in [-0.4, -0.2) is 19.2 Å². The summed E-state index contributed by atoms with van der Waals surface area (Å²) in [5.74, 6) is 0.0887. The van der Waals surface area contributed by atoms with Crippen LogP contribution in [0.5, 0.6) is 0 Å². The summed E-state index contributed by atoms with van der Waals surface area (Å²) in [6.07, 6.45) is -8.74. The summed E-state index contributed by atoms with van der Waals surface area (Å²) in [5.41, 5.74) is -2.04. The Hall–Kier alpha value is -2.13. The molecule has 1 aliphatic heterocycles. The highest BCUT2D eigenvalue weighted by Gasteiger charge is 2.43. The van der Waals surface area contributed by atoms with Gasteiger partial charge >= 0.3 is 12.4 Å². The van der Waals surface area contributed by atoms with Crippen molar-refractivity contribution in [2.45, 2.75) is 43.8 Å². The Morgan fingerprint density at radius 3 is 2.06 bits per heavy atom. The second-order valence-corrected chi connectivity index (χ2v) is 8.50. The first kappa shape index (κ1) is 23.0. The molecule has 2 nitrogen and oxygen atoms in total. The van der Waals surface area contributed by atoms with Crippen LogP contribution in [0, 0.1) is 17.7 Å². The molecule has 2 aromatic rings. The van der Waals surface area contributed by atoms with Gasteiger partial charge in [0, 0.05) is 5.92 Å². The molecule has 9 heteroatoms. The Kier molecular flexibility index (Phi) is 6.24. The van der Waals surface area contributed by atoms with Gasteiger partial charge in [-0.2, -0.15) is 26.3 Å². The van der Waals surface area contributed by atoms with E-state index in [2.05, 4.69) is 5.32 Å².